The van der Waals surface area contributed by atoms with E-state index in [2.05, 4.69) is 104 Å². The Balaban J connectivity index is 2.22. The zero-order chi connectivity index (χ0) is 20.7. The molecule has 0 aliphatic rings. The fourth-order valence-corrected chi connectivity index (χ4v) is 4.31. The molecule has 2 heterocycles. The SMILES string of the molecule is Cc1ccncc1-c1n(-c2c(C(C)C)cccc2C(C)C)c2ccccc2[n+]1C. The molecule has 2 aromatic heterocycles. The standard InChI is InChI=1S/C26H30N3/c1-17(2)20-10-9-11-21(18(3)4)25(20)29-24-13-8-7-12-23(24)28(6)26(29)22-16-27-15-14-19(22)5/h7-18H,1-6H3/q+1. The van der Waals surface area contributed by atoms with Crippen molar-refractivity contribution in [2.45, 2.75) is 46.5 Å². The Bertz CT molecular complexity index is 1160. The minimum Gasteiger partial charge on any atom is -0.264 e. The molecular formula is C26H30N3+. The lowest BCUT2D eigenvalue weighted by Gasteiger charge is -2.18. The number of fused-ring (bicyclic) bond motifs is 1. The first kappa shape index (κ1) is 19.4. The van der Waals surface area contributed by atoms with Crippen LogP contribution in [0.2, 0.25) is 0 Å². The van der Waals surface area contributed by atoms with Crippen LogP contribution in [0.3, 0.4) is 0 Å². The van der Waals surface area contributed by atoms with Gasteiger partial charge in [-0.25, -0.2) is 4.57 Å². The predicted octanol–water partition coefficient (Wildman–Crippen LogP) is 6.07. The second-order valence-corrected chi connectivity index (χ2v) is 8.49. The molecule has 3 nitrogen and oxygen atoms in total. The van der Waals surface area contributed by atoms with Gasteiger partial charge < -0.3 is 0 Å². The number of imidazole rings is 1. The van der Waals surface area contributed by atoms with Crippen LogP contribution in [0.15, 0.2) is 60.9 Å². The Hall–Kier alpha value is -2.94. The van der Waals surface area contributed by atoms with Gasteiger partial charge in [-0.2, -0.15) is 4.57 Å². The minimum atomic E-state index is 0.429. The predicted molar refractivity (Wildman–Crippen MR) is 121 cm³/mol. The summed E-state index contributed by atoms with van der Waals surface area (Å²) in [6, 6.07) is 17.5. The van der Waals surface area contributed by atoms with E-state index in [1.165, 1.54) is 44.8 Å². The van der Waals surface area contributed by atoms with Gasteiger partial charge in [-0.1, -0.05) is 58.0 Å². The zero-order valence-electron chi connectivity index (χ0n) is 18.3. The van der Waals surface area contributed by atoms with Crippen LogP contribution in [0.4, 0.5) is 0 Å². The second-order valence-electron chi connectivity index (χ2n) is 8.49. The van der Waals surface area contributed by atoms with Gasteiger partial charge in [0.25, 0.3) is 5.82 Å². The van der Waals surface area contributed by atoms with Crippen molar-refractivity contribution < 1.29 is 4.57 Å². The van der Waals surface area contributed by atoms with Crippen LogP contribution in [0.5, 0.6) is 0 Å². The van der Waals surface area contributed by atoms with Crippen molar-refractivity contribution in [3.63, 3.8) is 0 Å². The van der Waals surface area contributed by atoms with Gasteiger partial charge in [-0.05, 0) is 42.5 Å². The number of aryl methyl sites for hydroxylation is 2. The van der Waals surface area contributed by atoms with Crippen LogP contribution in [0.25, 0.3) is 28.1 Å². The van der Waals surface area contributed by atoms with Crippen molar-refractivity contribution in [2.24, 2.45) is 7.05 Å². The summed E-state index contributed by atoms with van der Waals surface area (Å²) < 4.78 is 4.77. The molecule has 2 aromatic carbocycles. The molecule has 3 heteroatoms. The molecule has 0 unspecified atom stereocenters. The lowest BCUT2D eigenvalue weighted by molar-refractivity contribution is -0.633. The normalized spacial score (nSPS) is 11.7. The Morgan fingerprint density at radius 3 is 2.14 bits per heavy atom. The first-order chi connectivity index (χ1) is 13.9. The number of para-hydroxylation sites is 3. The monoisotopic (exact) mass is 384 g/mol. The molecule has 0 spiro atoms. The Morgan fingerprint density at radius 1 is 0.862 bits per heavy atom. The molecule has 148 valence electrons. The molecule has 0 bridgehead atoms. The number of hydrogen-bond acceptors (Lipinski definition) is 1. The third kappa shape index (κ3) is 3.15. The lowest BCUT2D eigenvalue weighted by Crippen LogP contribution is -2.30. The second kappa shape index (κ2) is 7.47. The highest BCUT2D eigenvalue weighted by Gasteiger charge is 2.31. The molecular weight excluding hydrogens is 354 g/mol. The maximum atomic E-state index is 4.46. The van der Waals surface area contributed by atoms with E-state index in [1.54, 1.807) is 0 Å². The van der Waals surface area contributed by atoms with E-state index in [0.717, 1.165) is 0 Å². The molecule has 0 atom stereocenters. The lowest BCUT2D eigenvalue weighted by atomic mass is 9.92. The van der Waals surface area contributed by atoms with E-state index < -0.39 is 0 Å². The molecule has 0 saturated heterocycles. The quantitative estimate of drug-likeness (QED) is 0.391. The van der Waals surface area contributed by atoms with Gasteiger partial charge in [-0.3, -0.25) is 4.98 Å². The van der Waals surface area contributed by atoms with Gasteiger partial charge in [0.05, 0.1) is 12.6 Å². The zero-order valence-corrected chi connectivity index (χ0v) is 18.3. The number of rotatable bonds is 4. The summed E-state index contributed by atoms with van der Waals surface area (Å²) in [7, 11) is 2.16. The van der Waals surface area contributed by atoms with Crippen molar-refractivity contribution in [3.8, 4) is 17.1 Å². The van der Waals surface area contributed by atoms with E-state index in [-0.39, 0.29) is 0 Å². The minimum absolute atomic E-state index is 0.429. The van der Waals surface area contributed by atoms with Gasteiger partial charge in [-0.15, -0.1) is 0 Å². The summed E-state index contributed by atoms with van der Waals surface area (Å²) in [6.07, 6.45) is 3.86. The van der Waals surface area contributed by atoms with E-state index >= 15 is 0 Å². The van der Waals surface area contributed by atoms with Crippen LogP contribution in [0, 0.1) is 6.92 Å². The highest BCUT2D eigenvalue weighted by atomic mass is 15.2. The first-order valence-corrected chi connectivity index (χ1v) is 10.5. The van der Waals surface area contributed by atoms with Crippen molar-refractivity contribution in [1.29, 1.82) is 0 Å². The fraction of sp³-hybridized carbons (Fsp3) is 0.308. The van der Waals surface area contributed by atoms with Gasteiger partial charge in [0.1, 0.15) is 5.69 Å². The van der Waals surface area contributed by atoms with Crippen LogP contribution in [-0.2, 0) is 7.05 Å². The molecule has 0 amide bonds. The van der Waals surface area contributed by atoms with Crippen molar-refractivity contribution >= 4 is 11.0 Å². The summed E-state index contributed by atoms with van der Waals surface area (Å²) in [5.41, 5.74) is 8.91. The summed E-state index contributed by atoms with van der Waals surface area (Å²) >= 11 is 0. The highest BCUT2D eigenvalue weighted by Crippen LogP contribution is 2.36. The maximum absolute atomic E-state index is 4.46. The van der Waals surface area contributed by atoms with E-state index in [1.807, 2.05) is 12.4 Å². The molecule has 0 aliphatic heterocycles. The first-order valence-electron chi connectivity index (χ1n) is 10.5. The van der Waals surface area contributed by atoms with Crippen LogP contribution in [0.1, 0.15) is 56.2 Å². The largest absolute Gasteiger partial charge is 0.296 e. The number of hydrogen-bond donors (Lipinski definition) is 0. The topological polar surface area (TPSA) is 21.7 Å². The summed E-state index contributed by atoms with van der Waals surface area (Å²) in [5.74, 6) is 2.03. The molecule has 0 aliphatic carbocycles. The van der Waals surface area contributed by atoms with E-state index in [4.69, 9.17) is 0 Å². The Morgan fingerprint density at radius 2 is 1.52 bits per heavy atom. The van der Waals surface area contributed by atoms with Crippen molar-refractivity contribution in [2.75, 3.05) is 0 Å². The van der Waals surface area contributed by atoms with Gasteiger partial charge in [0.15, 0.2) is 11.0 Å². The smallest absolute Gasteiger partial charge is 0.264 e. The fourth-order valence-electron chi connectivity index (χ4n) is 4.31. The van der Waals surface area contributed by atoms with Gasteiger partial charge in [0.2, 0.25) is 0 Å². The van der Waals surface area contributed by atoms with Crippen LogP contribution in [-0.4, -0.2) is 9.55 Å². The summed E-state index contributed by atoms with van der Waals surface area (Å²) in [4.78, 5) is 4.46. The number of nitrogens with zero attached hydrogens (tertiary/aromatic N) is 3. The van der Waals surface area contributed by atoms with Crippen molar-refractivity contribution in [1.82, 2.24) is 9.55 Å². The molecule has 4 rings (SSSR count). The maximum Gasteiger partial charge on any atom is 0.296 e. The number of aromatic nitrogens is 3. The average molecular weight is 385 g/mol. The Labute approximate surface area is 173 Å². The van der Waals surface area contributed by atoms with Crippen LogP contribution < -0.4 is 4.57 Å². The molecule has 0 saturated carbocycles. The summed E-state index contributed by atoms with van der Waals surface area (Å²) in [6.45, 7) is 11.3. The van der Waals surface area contributed by atoms with Crippen molar-refractivity contribution in [3.05, 3.63) is 77.6 Å². The molecule has 0 N–H and O–H groups in total. The average Bonchev–Trinajstić information content (AvgIpc) is 3.00. The van der Waals surface area contributed by atoms with Gasteiger partial charge >= 0.3 is 0 Å². The molecule has 4 aromatic rings. The molecule has 0 radical (unpaired) electrons. The van der Waals surface area contributed by atoms with Gasteiger partial charge in [0, 0.05) is 23.5 Å². The highest BCUT2D eigenvalue weighted by molar-refractivity contribution is 5.80. The summed E-state index contributed by atoms with van der Waals surface area (Å²) in [5, 5.41) is 0. The Kier molecular flexibility index (Phi) is 4.99. The van der Waals surface area contributed by atoms with Crippen LogP contribution >= 0.6 is 0 Å². The molecule has 0 fully saturated rings. The molecule has 29 heavy (non-hydrogen) atoms. The third-order valence-electron chi connectivity index (χ3n) is 5.86. The van der Waals surface area contributed by atoms with E-state index in [9.17, 15) is 0 Å². The number of benzene rings is 2. The third-order valence-corrected chi connectivity index (χ3v) is 5.86. The van der Waals surface area contributed by atoms with E-state index in [0.29, 0.717) is 11.8 Å². The number of pyridine rings is 1.